The first-order chi connectivity index (χ1) is 8.79. The molecule has 1 aromatic carbocycles. The van der Waals surface area contributed by atoms with Crippen LogP contribution in [-0.2, 0) is 6.42 Å². The quantitative estimate of drug-likeness (QED) is 0.849. The number of anilines is 1. The molecule has 18 heavy (non-hydrogen) atoms. The monoisotopic (exact) mass is 248 g/mol. The molecule has 2 aromatic rings. The molecule has 2 rings (SSSR count). The van der Waals surface area contributed by atoms with E-state index >= 15 is 0 Å². The van der Waals surface area contributed by atoms with Crippen LogP contribution >= 0.6 is 0 Å². The summed E-state index contributed by atoms with van der Waals surface area (Å²) < 4.78 is 15.9. The maximum absolute atomic E-state index is 5.66. The van der Waals surface area contributed by atoms with Gasteiger partial charge >= 0.3 is 0 Å². The number of hydrogen-bond acceptors (Lipinski definition) is 5. The molecule has 96 valence electrons. The highest BCUT2D eigenvalue weighted by Gasteiger charge is 2.05. The second kappa shape index (κ2) is 5.95. The van der Waals surface area contributed by atoms with Gasteiger partial charge < -0.3 is 19.7 Å². The van der Waals surface area contributed by atoms with Gasteiger partial charge in [0.1, 0.15) is 0 Å². The summed E-state index contributed by atoms with van der Waals surface area (Å²) in [7, 11) is 0. The summed E-state index contributed by atoms with van der Waals surface area (Å²) in [4.78, 5) is 0. The molecule has 0 spiro atoms. The average molecular weight is 248 g/mol. The van der Waals surface area contributed by atoms with Crippen LogP contribution in [0.2, 0.25) is 0 Å². The van der Waals surface area contributed by atoms with Crippen LogP contribution in [0.25, 0.3) is 0 Å². The predicted molar refractivity (Wildman–Crippen MR) is 67.7 cm³/mol. The van der Waals surface area contributed by atoms with Crippen LogP contribution in [-0.4, -0.2) is 18.4 Å². The molecule has 0 amide bonds. The summed E-state index contributed by atoms with van der Waals surface area (Å²) in [5.74, 6) is 1.80. The Kier molecular flexibility index (Phi) is 4.06. The predicted octanol–water partition coefficient (Wildman–Crippen LogP) is 2.28. The second-order valence-corrected chi connectivity index (χ2v) is 3.70. The molecular weight excluding hydrogens is 232 g/mol. The fourth-order valence-corrected chi connectivity index (χ4v) is 1.56. The Labute approximate surface area is 105 Å². The Bertz CT molecular complexity index is 496. The minimum atomic E-state index is 0.319. The normalized spacial score (nSPS) is 10.3. The van der Waals surface area contributed by atoms with E-state index < -0.39 is 0 Å². The van der Waals surface area contributed by atoms with Gasteiger partial charge in [0, 0.05) is 12.5 Å². The van der Waals surface area contributed by atoms with E-state index in [1.54, 1.807) is 6.07 Å². The zero-order chi connectivity index (χ0) is 12.8. The summed E-state index contributed by atoms with van der Waals surface area (Å²) >= 11 is 0. The van der Waals surface area contributed by atoms with E-state index in [0.29, 0.717) is 25.5 Å². The molecule has 2 N–H and O–H groups in total. The van der Waals surface area contributed by atoms with Crippen molar-refractivity contribution in [2.45, 2.75) is 13.3 Å². The molecule has 0 radical (unpaired) electrons. The number of nitrogen functional groups attached to an aromatic ring is 1. The van der Waals surface area contributed by atoms with Crippen LogP contribution in [0.5, 0.6) is 11.5 Å². The number of rotatable bonds is 6. The lowest BCUT2D eigenvalue weighted by molar-refractivity contribution is 0.277. The molecule has 0 atom stereocenters. The highest BCUT2D eigenvalue weighted by Crippen LogP contribution is 2.26. The fourth-order valence-electron chi connectivity index (χ4n) is 1.56. The first-order valence-electron chi connectivity index (χ1n) is 5.85. The van der Waals surface area contributed by atoms with Crippen molar-refractivity contribution >= 4 is 5.88 Å². The van der Waals surface area contributed by atoms with E-state index in [-0.39, 0.29) is 0 Å². The lowest BCUT2D eigenvalue weighted by Crippen LogP contribution is -2.03. The van der Waals surface area contributed by atoms with Gasteiger partial charge in [-0.05, 0) is 19.1 Å². The lowest BCUT2D eigenvalue weighted by Gasteiger charge is -2.10. The number of para-hydroxylation sites is 2. The van der Waals surface area contributed by atoms with Crippen molar-refractivity contribution < 1.29 is 14.0 Å². The van der Waals surface area contributed by atoms with Gasteiger partial charge in [-0.25, -0.2) is 0 Å². The second-order valence-electron chi connectivity index (χ2n) is 3.70. The van der Waals surface area contributed by atoms with Crippen LogP contribution in [0, 0.1) is 0 Å². The van der Waals surface area contributed by atoms with E-state index in [1.165, 1.54) is 0 Å². The van der Waals surface area contributed by atoms with Crippen LogP contribution in [0.15, 0.2) is 34.9 Å². The number of nitrogens with two attached hydrogens (primary N) is 1. The van der Waals surface area contributed by atoms with E-state index in [9.17, 15) is 0 Å². The number of benzene rings is 1. The molecule has 0 aliphatic carbocycles. The van der Waals surface area contributed by atoms with Crippen LogP contribution < -0.4 is 15.2 Å². The third kappa shape index (κ3) is 3.16. The van der Waals surface area contributed by atoms with Gasteiger partial charge in [0.25, 0.3) is 0 Å². The van der Waals surface area contributed by atoms with Gasteiger partial charge in [0.05, 0.1) is 18.9 Å². The molecule has 0 saturated heterocycles. The smallest absolute Gasteiger partial charge is 0.222 e. The fraction of sp³-hybridized carbons (Fsp3) is 0.308. The largest absolute Gasteiger partial charge is 0.490 e. The molecule has 0 bridgehead atoms. The Morgan fingerprint density at radius 3 is 2.56 bits per heavy atom. The molecule has 0 unspecified atom stereocenters. The maximum Gasteiger partial charge on any atom is 0.222 e. The summed E-state index contributed by atoms with van der Waals surface area (Å²) in [5.41, 5.74) is 6.21. The number of nitrogens with zero attached hydrogens (tertiary/aromatic N) is 1. The zero-order valence-corrected chi connectivity index (χ0v) is 10.3. The van der Waals surface area contributed by atoms with Crippen molar-refractivity contribution in [2.24, 2.45) is 0 Å². The van der Waals surface area contributed by atoms with Crippen molar-refractivity contribution in [3.05, 3.63) is 36.0 Å². The molecule has 0 fully saturated rings. The van der Waals surface area contributed by atoms with Gasteiger partial charge in [-0.2, -0.15) is 0 Å². The summed E-state index contributed by atoms with van der Waals surface area (Å²) in [6.07, 6.45) is 0.640. The minimum absolute atomic E-state index is 0.319. The van der Waals surface area contributed by atoms with E-state index in [4.69, 9.17) is 19.7 Å². The number of ether oxygens (including phenoxy) is 2. The number of aromatic nitrogens is 1. The third-order valence-electron chi connectivity index (χ3n) is 2.34. The van der Waals surface area contributed by atoms with Crippen molar-refractivity contribution in [1.82, 2.24) is 5.16 Å². The molecule has 0 saturated carbocycles. The minimum Gasteiger partial charge on any atom is -0.490 e. The standard InChI is InChI=1S/C13H16N2O3/c1-2-16-11-5-3-4-6-12(11)17-8-7-10-9-13(14)18-15-10/h3-6,9H,2,7-8,14H2,1H3. The lowest BCUT2D eigenvalue weighted by atomic mass is 10.3. The van der Waals surface area contributed by atoms with Gasteiger partial charge in [0.2, 0.25) is 5.88 Å². The first kappa shape index (κ1) is 12.3. The van der Waals surface area contributed by atoms with E-state index in [2.05, 4.69) is 5.16 Å². The molecule has 0 aliphatic rings. The van der Waals surface area contributed by atoms with Gasteiger partial charge in [-0.15, -0.1) is 0 Å². The maximum atomic E-state index is 5.66. The van der Waals surface area contributed by atoms with E-state index in [1.807, 2.05) is 31.2 Å². The van der Waals surface area contributed by atoms with Crippen molar-refractivity contribution in [1.29, 1.82) is 0 Å². The summed E-state index contributed by atoms with van der Waals surface area (Å²) in [6.45, 7) is 3.05. The summed E-state index contributed by atoms with van der Waals surface area (Å²) in [6, 6.07) is 9.27. The molecule has 5 heteroatoms. The SMILES string of the molecule is CCOc1ccccc1OCCc1cc(N)on1. The van der Waals surface area contributed by atoms with Crippen LogP contribution in [0.3, 0.4) is 0 Å². The Balaban J connectivity index is 1.89. The van der Waals surface area contributed by atoms with Crippen molar-refractivity contribution in [3.63, 3.8) is 0 Å². The molecular formula is C13H16N2O3. The van der Waals surface area contributed by atoms with Gasteiger partial charge in [0.15, 0.2) is 11.5 Å². The van der Waals surface area contributed by atoms with Crippen molar-refractivity contribution in [3.8, 4) is 11.5 Å². The van der Waals surface area contributed by atoms with Crippen molar-refractivity contribution in [2.75, 3.05) is 18.9 Å². The van der Waals surface area contributed by atoms with E-state index in [0.717, 1.165) is 17.2 Å². The van der Waals surface area contributed by atoms with Crippen LogP contribution in [0.4, 0.5) is 5.88 Å². The highest BCUT2D eigenvalue weighted by molar-refractivity contribution is 5.39. The van der Waals surface area contributed by atoms with Crippen LogP contribution in [0.1, 0.15) is 12.6 Å². The Morgan fingerprint density at radius 1 is 1.22 bits per heavy atom. The molecule has 1 heterocycles. The summed E-state index contributed by atoms with van der Waals surface area (Å²) in [5, 5.41) is 3.79. The topological polar surface area (TPSA) is 70.5 Å². The molecule has 0 aliphatic heterocycles. The first-order valence-corrected chi connectivity index (χ1v) is 5.85. The average Bonchev–Trinajstić information content (AvgIpc) is 2.78. The zero-order valence-electron chi connectivity index (χ0n) is 10.3. The Morgan fingerprint density at radius 2 is 1.94 bits per heavy atom. The van der Waals surface area contributed by atoms with Gasteiger partial charge in [-0.1, -0.05) is 17.3 Å². The number of hydrogen-bond donors (Lipinski definition) is 1. The Hall–Kier alpha value is -2.17. The third-order valence-corrected chi connectivity index (χ3v) is 2.34. The molecule has 5 nitrogen and oxygen atoms in total. The molecule has 1 aromatic heterocycles. The highest BCUT2D eigenvalue weighted by atomic mass is 16.5. The van der Waals surface area contributed by atoms with Gasteiger partial charge in [-0.3, -0.25) is 0 Å².